The minimum atomic E-state index is -0.635. The van der Waals surface area contributed by atoms with Gasteiger partial charge in [0, 0.05) is 0 Å². The van der Waals surface area contributed by atoms with Gasteiger partial charge in [-0.1, -0.05) is 12.1 Å². The summed E-state index contributed by atoms with van der Waals surface area (Å²) in [5.41, 5.74) is 0.754. The maximum absolute atomic E-state index is 12.2. The quantitative estimate of drug-likeness (QED) is 0.584. The molecule has 3 aromatic rings. The van der Waals surface area contributed by atoms with E-state index < -0.39 is 12.1 Å². The van der Waals surface area contributed by atoms with Crippen molar-refractivity contribution in [3.63, 3.8) is 0 Å². The van der Waals surface area contributed by atoms with Crippen LogP contribution in [0, 0.1) is 0 Å². The van der Waals surface area contributed by atoms with E-state index in [1.54, 1.807) is 39.3 Å². The molecule has 2 heterocycles. The van der Waals surface area contributed by atoms with E-state index in [-0.39, 0.29) is 12.3 Å². The summed E-state index contributed by atoms with van der Waals surface area (Å²) < 4.78 is 21.4. The summed E-state index contributed by atoms with van der Waals surface area (Å²) in [4.78, 5) is 13.1. The number of hydrogen-bond acceptors (Lipinski definition) is 8. The summed E-state index contributed by atoms with van der Waals surface area (Å²) >= 11 is 1.50. The number of carbonyl (C=O) groups excluding carboxylic acids is 1. The first-order valence-corrected chi connectivity index (χ1v) is 8.76. The number of esters is 1. The molecule has 8 heteroatoms. The van der Waals surface area contributed by atoms with Crippen molar-refractivity contribution in [2.24, 2.45) is 0 Å². The van der Waals surface area contributed by atoms with E-state index in [2.05, 4.69) is 10.2 Å². The van der Waals surface area contributed by atoms with Crippen molar-refractivity contribution in [3.8, 4) is 22.3 Å². The highest BCUT2D eigenvalue weighted by Crippen LogP contribution is 2.28. The van der Waals surface area contributed by atoms with Crippen molar-refractivity contribution in [1.29, 1.82) is 0 Å². The summed E-state index contributed by atoms with van der Waals surface area (Å²) in [6, 6.07) is 9.06. The standard InChI is InChI=1S/C18H18N2O5S/c1-11(17-19-20-18(25-17)15-5-4-8-26-15)24-16(21)10-12-6-7-13(22-2)14(9-12)23-3/h4-9,11H,10H2,1-3H3/t11-/m1/s1. The zero-order valence-corrected chi connectivity index (χ0v) is 15.4. The van der Waals surface area contributed by atoms with Crippen molar-refractivity contribution in [3.05, 3.63) is 47.2 Å². The Morgan fingerprint density at radius 3 is 2.69 bits per heavy atom. The molecule has 3 rings (SSSR count). The average Bonchev–Trinajstić information content (AvgIpc) is 3.32. The molecule has 26 heavy (non-hydrogen) atoms. The van der Waals surface area contributed by atoms with Crippen LogP contribution in [0.15, 0.2) is 40.1 Å². The van der Waals surface area contributed by atoms with Gasteiger partial charge in [-0.15, -0.1) is 21.5 Å². The Hall–Kier alpha value is -2.87. The Morgan fingerprint density at radius 1 is 1.19 bits per heavy atom. The molecule has 0 aliphatic heterocycles. The molecule has 0 amide bonds. The molecule has 0 aliphatic carbocycles. The van der Waals surface area contributed by atoms with E-state index in [4.69, 9.17) is 18.6 Å². The lowest BCUT2D eigenvalue weighted by Gasteiger charge is -2.11. The summed E-state index contributed by atoms with van der Waals surface area (Å²) in [7, 11) is 3.10. The van der Waals surface area contributed by atoms with Gasteiger partial charge in [-0.05, 0) is 36.1 Å². The minimum absolute atomic E-state index is 0.0939. The van der Waals surface area contributed by atoms with Crippen LogP contribution in [0.2, 0.25) is 0 Å². The van der Waals surface area contributed by atoms with Gasteiger partial charge in [0.25, 0.3) is 11.8 Å². The molecule has 136 valence electrons. The molecule has 0 saturated carbocycles. The molecule has 2 aromatic heterocycles. The van der Waals surface area contributed by atoms with Gasteiger partial charge in [-0.25, -0.2) is 0 Å². The molecule has 0 N–H and O–H groups in total. The number of benzene rings is 1. The van der Waals surface area contributed by atoms with Crippen LogP contribution < -0.4 is 9.47 Å². The van der Waals surface area contributed by atoms with E-state index in [1.807, 2.05) is 17.5 Å². The summed E-state index contributed by atoms with van der Waals surface area (Å²) in [5, 5.41) is 9.87. The van der Waals surface area contributed by atoms with Crippen LogP contribution in [-0.2, 0) is 16.0 Å². The Kier molecular flexibility index (Phi) is 5.52. The maximum atomic E-state index is 12.2. The first kappa shape index (κ1) is 17.9. The van der Waals surface area contributed by atoms with Gasteiger partial charge >= 0.3 is 5.97 Å². The lowest BCUT2D eigenvalue weighted by atomic mass is 10.1. The van der Waals surface area contributed by atoms with Crippen LogP contribution >= 0.6 is 11.3 Å². The predicted octanol–water partition coefficient (Wildman–Crippen LogP) is 3.66. The molecule has 0 bridgehead atoms. The van der Waals surface area contributed by atoms with Crippen LogP contribution in [0.25, 0.3) is 10.8 Å². The summed E-state index contributed by atoms with van der Waals surface area (Å²) in [6.45, 7) is 1.69. The second kappa shape index (κ2) is 8.01. The first-order valence-electron chi connectivity index (χ1n) is 7.88. The van der Waals surface area contributed by atoms with Gasteiger partial charge in [-0.3, -0.25) is 4.79 Å². The molecular weight excluding hydrogens is 356 g/mol. The highest BCUT2D eigenvalue weighted by Gasteiger charge is 2.20. The maximum Gasteiger partial charge on any atom is 0.311 e. The predicted molar refractivity (Wildman–Crippen MR) is 95.4 cm³/mol. The molecule has 1 aromatic carbocycles. The Balaban J connectivity index is 1.63. The number of aromatic nitrogens is 2. The normalized spacial score (nSPS) is 11.8. The lowest BCUT2D eigenvalue weighted by Crippen LogP contribution is -2.12. The Bertz CT molecular complexity index is 876. The molecule has 0 spiro atoms. The molecule has 0 unspecified atom stereocenters. The van der Waals surface area contributed by atoms with Gasteiger partial charge in [0.2, 0.25) is 0 Å². The number of nitrogens with zero attached hydrogens (tertiary/aromatic N) is 2. The van der Waals surface area contributed by atoms with Crippen LogP contribution in [0.1, 0.15) is 24.5 Å². The smallest absolute Gasteiger partial charge is 0.311 e. The van der Waals surface area contributed by atoms with Crippen LogP contribution in [0.5, 0.6) is 11.5 Å². The van der Waals surface area contributed by atoms with E-state index in [9.17, 15) is 4.79 Å². The minimum Gasteiger partial charge on any atom is -0.493 e. The third kappa shape index (κ3) is 4.02. The Morgan fingerprint density at radius 2 is 2.00 bits per heavy atom. The highest BCUT2D eigenvalue weighted by molar-refractivity contribution is 7.13. The molecule has 0 aliphatic rings. The molecule has 0 saturated heterocycles. The summed E-state index contributed by atoms with van der Waals surface area (Å²) in [6.07, 6.45) is -0.541. The van der Waals surface area contributed by atoms with E-state index in [0.717, 1.165) is 10.4 Å². The fraction of sp³-hybridized carbons (Fsp3) is 0.278. The van der Waals surface area contributed by atoms with Crippen LogP contribution in [0.3, 0.4) is 0 Å². The van der Waals surface area contributed by atoms with Crippen molar-refractivity contribution >= 4 is 17.3 Å². The van der Waals surface area contributed by atoms with Crippen molar-refractivity contribution in [2.75, 3.05) is 14.2 Å². The SMILES string of the molecule is COc1ccc(CC(=O)O[C@H](C)c2nnc(-c3cccs3)o2)cc1OC. The average molecular weight is 374 g/mol. The number of methoxy groups -OCH3 is 2. The van der Waals surface area contributed by atoms with Crippen molar-refractivity contribution < 1.29 is 23.4 Å². The fourth-order valence-corrected chi connectivity index (χ4v) is 2.99. The lowest BCUT2D eigenvalue weighted by molar-refractivity contribution is -0.148. The Labute approximate surface area is 154 Å². The number of carbonyl (C=O) groups is 1. The molecule has 0 fully saturated rings. The monoisotopic (exact) mass is 374 g/mol. The largest absolute Gasteiger partial charge is 0.493 e. The number of thiophene rings is 1. The van der Waals surface area contributed by atoms with Crippen LogP contribution in [0.4, 0.5) is 0 Å². The molecule has 7 nitrogen and oxygen atoms in total. The molecule has 1 atom stereocenters. The van der Waals surface area contributed by atoms with E-state index >= 15 is 0 Å². The van der Waals surface area contributed by atoms with Gasteiger partial charge in [0.1, 0.15) is 0 Å². The molecular formula is C18H18N2O5S. The second-order valence-corrected chi connectivity index (χ2v) is 6.37. The third-order valence-corrected chi connectivity index (χ3v) is 4.48. The number of hydrogen-bond donors (Lipinski definition) is 0. The number of ether oxygens (including phenoxy) is 3. The van der Waals surface area contributed by atoms with E-state index in [1.165, 1.54) is 11.3 Å². The number of rotatable bonds is 7. The summed E-state index contributed by atoms with van der Waals surface area (Å²) in [5.74, 6) is 1.43. The van der Waals surface area contributed by atoms with Crippen molar-refractivity contribution in [2.45, 2.75) is 19.4 Å². The highest BCUT2D eigenvalue weighted by atomic mass is 32.1. The topological polar surface area (TPSA) is 83.7 Å². The second-order valence-electron chi connectivity index (χ2n) is 5.42. The zero-order chi connectivity index (χ0) is 18.5. The first-order chi connectivity index (χ1) is 12.6. The fourth-order valence-electron chi connectivity index (χ4n) is 2.35. The van der Waals surface area contributed by atoms with E-state index in [0.29, 0.717) is 17.4 Å². The van der Waals surface area contributed by atoms with Gasteiger partial charge in [-0.2, -0.15) is 0 Å². The van der Waals surface area contributed by atoms with Gasteiger partial charge in [0.05, 0.1) is 25.5 Å². The third-order valence-electron chi connectivity index (χ3n) is 3.62. The van der Waals surface area contributed by atoms with Gasteiger partial charge < -0.3 is 18.6 Å². The van der Waals surface area contributed by atoms with Crippen LogP contribution in [-0.4, -0.2) is 30.4 Å². The van der Waals surface area contributed by atoms with Gasteiger partial charge in [0.15, 0.2) is 17.6 Å². The zero-order valence-electron chi connectivity index (χ0n) is 14.6. The van der Waals surface area contributed by atoms with Crippen molar-refractivity contribution in [1.82, 2.24) is 10.2 Å². The molecule has 0 radical (unpaired) electrons.